The Morgan fingerprint density at radius 3 is 2.52 bits per heavy atom. The molecule has 0 aromatic heterocycles. The molecule has 1 N–H and O–H groups in total. The molecule has 1 saturated heterocycles. The van der Waals surface area contributed by atoms with Gasteiger partial charge in [-0.05, 0) is 13.3 Å². The molecule has 1 aliphatic rings. The van der Waals surface area contributed by atoms with Crippen LogP contribution in [-0.2, 0) is 14.6 Å². The molecule has 9 heteroatoms. The molecule has 0 spiro atoms. The average Bonchev–Trinajstić information content (AvgIpc) is 2.70. The van der Waals surface area contributed by atoms with E-state index in [2.05, 4.69) is 0 Å². The van der Waals surface area contributed by atoms with Gasteiger partial charge in [-0.15, -0.1) is 0 Å². The molecule has 1 fully saturated rings. The molecule has 0 radical (unpaired) electrons. The number of likely N-dealkylation sites (N-methyl/N-ethyl adjacent to an activating group) is 1. The molecule has 1 amide bonds. The van der Waals surface area contributed by atoms with E-state index in [1.165, 1.54) is 9.80 Å². The van der Waals surface area contributed by atoms with Gasteiger partial charge in [-0.1, -0.05) is 0 Å². The van der Waals surface area contributed by atoms with Crippen molar-refractivity contribution in [3.63, 3.8) is 0 Å². The number of rotatable bonds is 8. The number of sulfone groups is 1. The molecule has 0 bridgehead atoms. The van der Waals surface area contributed by atoms with Crippen molar-refractivity contribution in [2.75, 3.05) is 44.3 Å². The van der Waals surface area contributed by atoms with Gasteiger partial charge in [-0.3, -0.25) is 9.69 Å². The lowest BCUT2D eigenvalue weighted by Gasteiger charge is -2.30. The van der Waals surface area contributed by atoms with Crippen LogP contribution in [0.25, 0.3) is 0 Å². The molecular formula is C12H22F2N2O4S. The van der Waals surface area contributed by atoms with Crippen molar-refractivity contribution in [2.45, 2.75) is 25.8 Å². The highest BCUT2D eigenvalue weighted by atomic mass is 32.2. The van der Waals surface area contributed by atoms with Gasteiger partial charge in [0.2, 0.25) is 5.91 Å². The van der Waals surface area contributed by atoms with E-state index in [1.807, 2.05) is 0 Å². The molecule has 0 saturated carbocycles. The molecule has 1 rings (SSSR count). The number of nitrogens with zero attached hydrogens (tertiary/aromatic N) is 2. The van der Waals surface area contributed by atoms with Gasteiger partial charge in [0.1, 0.15) is 0 Å². The second-order valence-corrected chi connectivity index (χ2v) is 7.32. The van der Waals surface area contributed by atoms with Crippen molar-refractivity contribution >= 4 is 15.7 Å². The van der Waals surface area contributed by atoms with Gasteiger partial charge in [0.05, 0.1) is 31.2 Å². The number of alkyl halides is 2. The number of halogens is 2. The Labute approximate surface area is 123 Å². The van der Waals surface area contributed by atoms with Gasteiger partial charge in [0.15, 0.2) is 9.84 Å². The lowest BCUT2D eigenvalue weighted by molar-refractivity contribution is -0.134. The van der Waals surface area contributed by atoms with Crippen LogP contribution in [0.1, 0.15) is 13.3 Å². The summed E-state index contributed by atoms with van der Waals surface area (Å²) in [5, 5.41) is 8.85. The van der Waals surface area contributed by atoms with Crippen molar-refractivity contribution < 1.29 is 27.1 Å². The molecule has 1 atom stereocenters. The first kappa shape index (κ1) is 18.2. The summed E-state index contributed by atoms with van der Waals surface area (Å²) in [6.45, 7) is 0.898. The Balaban J connectivity index is 2.65. The minimum Gasteiger partial charge on any atom is -0.395 e. The fourth-order valence-electron chi connectivity index (χ4n) is 2.51. The van der Waals surface area contributed by atoms with Crippen LogP contribution in [-0.4, -0.2) is 86.0 Å². The number of amides is 1. The average molecular weight is 328 g/mol. The zero-order chi connectivity index (χ0) is 16.0. The largest absolute Gasteiger partial charge is 0.395 e. The highest BCUT2D eigenvalue weighted by Crippen LogP contribution is 2.18. The first-order chi connectivity index (χ1) is 9.79. The lowest BCUT2D eigenvalue weighted by Crippen LogP contribution is -2.47. The van der Waals surface area contributed by atoms with Crippen molar-refractivity contribution in [1.29, 1.82) is 0 Å². The maximum atomic E-state index is 12.4. The third-order valence-electron chi connectivity index (χ3n) is 3.48. The maximum absolute atomic E-state index is 12.4. The molecule has 0 aromatic carbocycles. The molecule has 0 aliphatic carbocycles. The number of carbonyl (C=O) groups is 1. The molecule has 1 unspecified atom stereocenters. The van der Waals surface area contributed by atoms with Crippen molar-refractivity contribution in [3.8, 4) is 0 Å². The maximum Gasteiger partial charge on any atom is 0.251 e. The van der Waals surface area contributed by atoms with Crippen LogP contribution in [0.5, 0.6) is 0 Å². The number of aliphatic hydroxyl groups is 1. The SMILES string of the molecule is CCN(C(=O)CN(CCO)CC(F)F)C1CCS(=O)(=O)C1. The first-order valence-corrected chi connectivity index (χ1v) is 8.72. The Hall–Kier alpha value is -0.800. The van der Waals surface area contributed by atoms with Crippen LogP contribution >= 0.6 is 0 Å². The summed E-state index contributed by atoms with van der Waals surface area (Å²) in [5.74, 6) is -0.394. The van der Waals surface area contributed by atoms with Crippen LogP contribution in [0, 0.1) is 0 Å². The van der Waals surface area contributed by atoms with Crippen LogP contribution < -0.4 is 0 Å². The van der Waals surface area contributed by atoms with Crippen LogP contribution in [0.15, 0.2) is 0 Å². The summed E-state index contributed by atoms with van der Waals surface area (Å²) in [7, 11) is -3.11. The predicted molar refractivity (Wildman–Crippen MR) is 74.0 cm³/mol. The van der Waals surface area contributed by atoms with E-state index in [1.54, 1.807) is 6.92 Å². The summed E-state index contributed by atoms with van der Waals surface area (Å²) >= 11 is 0. The molecule has 21 heavy (non-hydrogen) atoms. The zero-order valence-electron chi connectivity index (χ0n) is 12.0. The van der Waals surface area contributed by atoms with Crippen LogP contribution in [0.4, 0.5) is 8.78 Å². The monoisotopic (exact) mass is 328 g/mol. The summed E-state index contributed by atoms with van der Waals surface area (Å²) in [4.78, 5) is 14.8. The smallest absolute Gasteiger partial charge is 0.251 e. The molecule has 1 aliphatic heterocycles. The lowest BCUT2D eigenvalue weighted by atomic mass is 10.2. The van der Waals surface area contributed by atoms with Gasteiger partial charge in [0.25, 0.3) is 6.43 Å². The zero-order valence-corrected chi connectivity index (χ0v) is 12.9. The van der Waals surface area contributed by atoms with Gasteiger partial charge in [-0.2, -0.15) is 0 Å². The standard InChI is InChI=1S/C12H22F2N2O4S/c1-2-16(10-3-6-21(19,20)9-10)12(18)8-15(4-5-17)7-11(13)14/h10-11,17H,2-9H2,1H3. The van der Waals surface area contributed by atoms with E-state index in [9.17, 15) is 22.0 Å². The number of hydrogen-bond acceptors (Lipinski definition) is 5. The van der Waals surface area contributed by atoms with Crippen molar-refractivity contribution in [2.24, 2.45) is 0 Å². The number of aliphatic hydroxyl groups excluding tert-OH is 1. The van der Waals surface area contributed by atoms with E-state index < -0.39 is 22.8 Å². The van der Waals surface area contributed by atoms with Gasteiger partial charge >= 0.3 is 0 Å². The highest BCUT2D eigenvalue weighted by molar-refractivity contribution is 7.91. The fraction of sp³-hybridized carbons (Fsp3) is 0.917. The minimum absolute atomic E-state index is 0.0173. The van der Waals surface area contributed by atoms with Crippen molar-refractivity contribution in [3.05, 3.63) is 0 Å². The van der Waals surface area contributed by atoms with Gasteiger partial charge in [-0.25, -0.2) is 17.2 Å². The topological polar surface area (TPSA) is 77.9 Å². The number of carbonyl (C=O) groups excluding carboxylic acids is 1. The number of hydrogen-bond donors (Lipinski definition) is 1. The van der Waals surface area contributed by atoms with Crippen LogP contribution in [0.2, 0.25) is 0 Å². The van der Waals surface area contributed by atoms with E-state index in [0.717, 1.165) is 0 Å². The molecule has 6 nitrogen and oxygen atoms in total. The normalized spacial score (nSPS) is 21.1. The second kappa shape index (κ2) is 8.00. The Bertz CT molecular complexity index is 445. The van der Waals surface area contributed by atoms with Crippen LogP contribution in [0.3, 0.4) is 0 Å². The van der Waals surface area contributed by atoms with E-state index >= 15 is 0 Å². The Morgan fingerprint density at radius 1 is 1.43 bits per heavy atom. The molecule has 124 valence electrons. The fourth-order valence-corrected chi connectivity index (χ4v) is 4.24. The predicted octanol–water partition coefficient (Wildman–Crippen LogP) is -0.419. The summed E-state index contributed by atoms with van der Waals surface area (Å²) in [6, 6.07) is -0.380. The molecule has 0 aromatic rings. The van der Waals surface area contributed by atoms with E-state index in [4.69, 9.17) is 5.11 Å². The quantitative estimate of drug-likeness (QED) is 0.655. The summed E-state index contributed by atoms with van der Waals surface area (Å²) < 4.78 is 47.8. The first-order valence-electron chi connectivity index (χ1n) is 6.90. The van der Waals surface area contributed by atoms with E-state index in [0.29, 0.717) is 13.0 Å². The van der Waals surface area contributed by atoms with Crippen molar-refractivity contribution in [1.82, 2.24) is 9.80 Å². The van der Waals surface area contributed by atoms with E-state index in [-0.39, 0.29) is 43.2 Å². The highest BCUT2D eigenvalue weighted by Gasteiger charge is 2.34. The van der Waals surface area contributed by atoms with Gasteiger partial charge in [0, 0.05) is 19.1 Å². The Morgan fingerprint density at radius 2 is 2.10 bits per heavy atom. The molecular weight excluding hydrogens is 306 g/mol. The van der Waals surface area contributed by atoms with Gasteiger partial charge < -0.3 is 10.0 Å². The third kappa shape index (κ3) is 5.84. The molecule has 1 heterocycles. The second-order valence-electron chi connectivity index (χ2n) is 5.09. The third-order valence-corrected chi connectivity index (χ3v) is 5.23. The summed E-state index contributed by atoms with van der Waals surface area (Å²) in [6.07, 6.45) is -2.21. The Kier molecular flexibility index (Phi) is 6.95. The minimum atomic E-state index is -3.11. The summed E-state index contributed by atoms with van der Waals surface area (Å²) in [5.41, 5.74) is 0.